The number of rotatable bonds is 7. The zero-order valence-electron chi connectivity index (χ0n) is 16.8. The van der Waals surface area contributed by atoms with Gasteiger partial charge in [0.1, 0.15) is 12.7 Å². The molecule has 3 aromatic rings. The van der Waals surface area contributed by atoms with Crippen molar-refractivity contribution in [1.29, 1.82) is 0 Å². The summed E-state index contributed by atoms with van der Waals surface area (Å²) < 4.78 is 29.4. The van der Waals surface area contributed by atoms with Crippen molar-refractivity contribution in [2.75, 3.05) is 18.4 Å². The summed E-state index contributed by atoms with van der Waals surface area (Å²) in [5.74, 6) is -0.413. The molecular weight excluding hydrogens is 470 g/mol. The first-order valence-electron chi connectivity index (χ1n) is 9.34. The third kappa shape index (κ3) is 4.45. The molecule has 0 fully saturated rings. The lowest BCUT2D eigenvalue weighted by Gasteiger charge is -2.19. The second-order valence-corrected chi connectivity index (χ2v) is 9.38. The number of halogens is 1. The lowest BCUT2D eigenvalue weighted by atomic mass is 10.1. The van der Waals surface area contributed by atoms with Crippen LogP contribution in [0.25, 0.3) is 5.69 Å². The van der Waals surface area contributed by atoms with E-state index in [-0.39, 0.29) is 10.5 Å². The Balaban J connectivity index is 1.99. The van der Waals surface area contributed by atoms with Gasteiger partial charge in [0.2, 0.25) is 10.0 Å². The number of carbonyl (C=O) groups is 1. The maximum atomic E-state index is 13.1. The molecule has 1 aromatic heterocycles. The molecule has 1 N–H and O–H groups in total. The van der Waals surface area contributed by atoms with Crippen LogP contribution < -0.4 is 5.32 Å². The average Bonchev–Trinajstić information content (AvgIpc) is 3.23. The van der Waals surface area contributed by atoms with Gasteiger partial charge in [-0.15, -0.1) is 0 Å². The summed E-state index contributed by atoms with van der Waals surface area (Å²) in [5.41, 5.74) is 2.10. The number of sulfonamides is 1. The number of benzene rings is 2. The fraction of sp³-hybridized carbons (Fsp3) is 0.250. The van der Waals surface area contributed by atoms with Crippen molar-refractivity contribution in [3.63, 3.8) is 0 Å². The summed E-state index contributed by atoms with van der Waals surface area (Å²) in [6, 6.07) is 9.97. The molecule has 0 saturated heterocycles. The summed E-state index contributed by atoms with van der Waals surface area (Å²) in [7, 11) is -3.67. The molecule has 3 rings (SSSR count). The maximum absolute atomic E-state index is 13.1. The maximum Gasteiger partial charge on any atom is 0.256 e. The highest BCUT2D eigenvalue weighted by Crippen LogP contribution is 2.26. The minimum Gasteiger partial charge on any atom is -0.320 e. The molecule has 0 aliphatic rings. The van der Waals surface area contributed by atoms with Gasteiger partial charge in [0, 0.05) is 23.1 Å². The Morgan fingerprint density at radius 2 is 1.90 bits per heavy atom. The minimum atomic E-state index is -3.67. The SMILES string of the molecule is CCN(CC)S(=O)(=O)c1ccc(C)c(C(=O)Nc2cc(Br)ccc2-n2cncn2)c1. The zero-order chi connectivity index (χ0) is 21.9. The first-order chi connectivity index (χ1) is 14.3. The minimum absolute atomic E-state index is 0.0905. The zero-order valence-corrected chi connectivity index (χ0v) is 19.2. The molecular formula is C20H22BrN5O3S. The van der Waals surface area contributed by atoms with E-state index in [1.165, 1.54) is 33.8 Å². The van der Waals surface area contributed by atoms with E-state index >= 15 is 0 Å². The van der Waals surface area contributed by atoms with Crippen LogP contribution in [-0.2, 0) is 10.0 Å². The summed E-state index contributed by atoms with van der Waals surface area (Å²) >= 11 is 3.41. The van der Waals surface area contributed by atoms with E-state index in [2.05, 4.69) is 31.3 Å². The monoisotopic (exact) mass is 491 g/mol. The third-order valence-electron chi connectivity index (χ3n) is 4.67. The van der Waals surface area contributed by atoms with E-state index in [1.54, 1.807) is 39.0 Å². The van der Waals surface area contributed by atoms with E-state index in [1.807, 2.05) is 6.07 Å². The number of hydrogen-bond donors (Lipinski definition) is 1. The first kappa shape index (κ1) is 22.1. The smallest absolute Gasteiger partial charge is 0.256 e. The van der Waals surface area contributed by atoms with E-state index in [9.17, 15) is 13.2 Å². The number of hydrogen-bond acceptors (Lipinski definition) is 5. The Kier molecular flexibility index (Phi) is 6.69. The van der Waals surface area contributed by atoms with Gasteiger partial charge in [0.15, 0.2) is 0 Å². The van der Waals surface area contributed by atoms with Crippen LogP contribution in [0.15, 0.2) is 58.4 Å². The number of carbonyl (C=O) groups excluding carboxylic acids is 1. The second-order valence-electron chi connectivity index (χ2n) is 6.52. The number of nitrogens with zero attached hydrogens (tertiary/aromatic N) is 4. The van der Waals surface area contributed by atoms with Gasteiger partial charge in [-0.2, -0.15) is 9.40 Å². The molecule has 0 radical (unpaired) electrons. The molecule has 158 valence electrons. The van der Waals surface area contributed by atoms with Crippen LogP contribution in [0, 0.1) is 6.92 Å². The van der Waals surface area contributed by atoms with E-state index in [4.69, 9.17) is 0 Å². The Hall–Kier alpha value is -2.56. The van der Waals surface area contributed by atoms with Gasteiger partial charge in [-0.25, -0.2) is 18.1 Å². The Bertz CT molecular complexity index is 1160. The molecule has 0 saturated carbocycles. The van der Waals surface area contributed by atoms with Crippen LogP contribution in [0.4, 0.5) is 5.69 Å². The van der Waals surface area contributed by atoms with Crippen LogP contribution in [0.1, 0.15) is 29.8 Å². The van der Waals surface area contributed by atoms with Crippen LogP contribution in [0.3, 0.4) is 0 Å². The second kappa shape index (κ2) is 9.07. The van der Waals surface area contributed by atoms with E-state index < -0.39 is 15.9 Å². The molecule has 0 aliphatic heterocycles. The topological polar surface area (TPSA) is 97.2 Å². The lowest BCUT2D eigenvalue weighted by Crippen LogP contribution is -2.30. The van der Waals surface area contributed by atoms with Gasteiger partial charge < -0.3 is 5.32 Å². The Morgan fingerprint density at radius 3 is 2.53 bits per heavy atom. The molecule has 1 heterocycles. The quantitative estimate of drug-likeness (QED) is 0.544. The molecule has 1 amide bonds. The van der Waals surface area contributed by atoms with Gasteiger partial charge in [-0.3, -0.25) is 4.79 Å². The fourth-order valence-corrected chi connectivity index (χ4v) is 4.90. The summed E-state index contributed by atoms with van der Waals surface area (Å²) in [5, 5.41) is 6.98. The normalized spacial score (nSPS) is 11.6. The highest BCUT2D eigenvalue weighted by molar-refractivity contribution is 9.10. The molecule has 0 atom stereocenters. The average molecular weight is 492 g/mol. The highest BCUT2D eigenvalue weighted by atomic mass is 79.9. The first-order valence-corrected chi connectivity index (χ1v) is 11.6. The molecule has 0 bridgehead atoms. The van der Waals surface area contributed by atoms with E-state index in [0.717, 1.165) is 4.47 Å². The summed E-state index contributed by atoms with van der Waals surface area (Å²) in [6.07, 6.45) is 2.93. The molecule has 0 aliphatic carbocycles. The fourth-order valence-electron chi connectivity index (χ4n) is 3.05. The number of aromatic nitrogens is 3. The van der Waals surface area contributed by atoms with Crippen LogP contribution in [0.5, 0.6) is 0 Å². The Morgan fingerprint density at radius 1 is 1.17 bits per heavy atom. The van der Waals surface area contributed by atoms with Gasteiger partial charge in [-0.1, -0.05) is 35.8 Å². The van der Waals surface area contributed by atoms with Crippen molar-refractivity contribution in [1.82, 2.24) is 19.1 Å². The molecule has 0 spiro atoms. The van der Waals surface area contributed by atoms with E-state index in [0.29, 0.717) is 30.0 Å². The van der Waals surface area contributed by atoms with Crippen molar-refractivity contribution in [3.05, 3.63) is 64.7 Å². The molecule has 30 heavy (non-hydrogen) atoms. The molecule has 2 aromatic carbocycles. The molecule has 8 nitrogen and oxygen atoms in total. The lowest BCUT2D eigenvalue weighted by molar-refractivity contribution is 0.102. The van der Waals surface area contributed by atoms with Crippen molar-refractivity contribution in [2.45, 2.75) is 25.7 Å². The summed E-state index contributed by atoms with van der Waals surface area (Å²) in [6.45, 7) is 6.03. The largest absolute Gasteiger partial charge is 0.320 e. The predicted molar refractivity (Wildman–Crippen MR) is 118 cm³/mol. The molecule has 10 heteroatoms. The Labute approximate surface area is 184 Å². The highest BCUT2D eigenvalue weighted by Gasteiger charge is 2.24. The predicted octanol–water partition coefficient (Wildman–Crippen LogP) is 3.62. The van der Waals surface area contributed by atoms with Crippen molar-refractivity contribution in [2.24, 2.45) is 0 Å². The van der Waals surface area contributed by atoms with Crippen molar-refractivity contribution < 1.29 is 13.2 Å². The van der Waals surface area contributed by atoms with Crippen LogP contribution >= 0.6 is 15.9 Å². The van der Waals surface area contributed by atoms with Crippen molar-refractivity contribution >= 4 is 37.5 Å². The molecule has 0 unspecified atom stereocenters. The van der Waals surface area contributed by atoms with Gasteiger partial charge in [0.25, 0.3) is 5.91 Å². The van der Waals surface area contributed by atoms with Crippen LogP contribution in [-0.4, -0.2) is 46.5 Å². The van der Waals surface area contributed by atoms with Gasteiger partial charge in [-0.05, 0) is 42.8 Å². The summed E-state index contributed by atoms with van der Waals surface area (Å²) in [4.78, 5) is 17.1. The van der Waals surface area contributed by atoms with Gasteiger partial charge in [0.05, 0.1) is 16.3 Å². The van der Waals surface area contributed by atoms with Crippen LogP contribution in [0.2, 0.25) is 0 Å². The number of amides is 1. The van der Waals surface area contributed by atoms with Crippen molar-refractivity contribution in [3.8, 4) is 5.69 Å². The third-order valence-corrected chi connectivity index (χ3v) is 7.21. The number of aryl methyl sites for hydroxylation is 1. The van der Waals surface area contributed by atoms with Gasteiger partial charge >= 0.3 is 0 Å². The number of nitrogens with one attached hydrogen (secondary N) is 1. The standard InChI is InChI=1S/C20H22BrN5O3S/c1-4-25(5-2)30(28,29)16-8-6-14(3)17(11-16)20(27)24-18-10-15(21)7-9-19(18)26-13-22-12-23-26/h6-13H,4-5H2,1-3H3,(H,24,27). The number of anilines is 1.